The van der Waals surface area contributed by atoms with E-state index in [1.807, 2.05) is 4.90 Å². The number of carbonyl (C=O) groups is 2. The van der Waals surface area contributed by atoms with Gasteiger partial charge < -0.3 is 15.5 Å². The molecule has 3 unspecified atom stereocenters. The van der Waals surface area contributed by atoms with Crippen LogP contribution in [0.25, 0.3) is 0 Å². The lowest BCUT2D eigenvalue weighted by Crippen LogP contribution is -2.65. The molecule has 2 saturated heterocycles. The van der Waals surface area contributed by atoms with E-state index in [4.69, 9.17) is 0 Å². The predicted octanol–water partition coefficient (Wildman–Crippen LogP) is 0.788. The lowest BCUT2D eigenvalue weighted by Gasteiger charge is -2.40. The largest absolute Gasteiger partial charge is 0.350 e. The number of rotatable bonds is 2. The van der Waals surface area contributed by atoms with Gasteiger partial charge in [0, 0.05) is 25.2 Å². The van der Waals surface area contributed by atoms with Gasteiger partial charge in [-0.15, -0.1) is 0 Å². The van der Waals surface area contributed by atoms with E-state index in [9.17, 15) is 9.59 Å². The van der Waals surface area contributed by atoms with Crippen LogP contribution in [0.1, 0.15) is 51.4 Å². The first-order chi connectivity index (χ1) is 9.74. The van der Waals surface area contributed by atoms with Crippen molar-refractivity contribution in [2.75, 3.05) is 13.1 Å². The highest BCUT2D eigenvalue weighted by atomic mass is 16.2. The minimum atomic E-state index is -0.330. The van der Waals surface area contributed by atoms with Gasteiger partial charge in [0.05, 0.1) is 12.5 Å². The van der Waals surface area contributed by atoms with Crippen molar-refractivity contribution in [3.8, 4) is 0 Å². The summed E-state index contributed by atoms with van der Waals surface area (Å²) >= 11 is 0. The van der Waals surface area contributed by atoms with Crippen LogP contribution >= 0.6 is 0 Å². The maximum Gasteiger partial charge on any atom is 0.237 e. The van der Waals surface area contributed by atoms with Gasteiger partial charge in [0.25, 0.3) is 0 Å². The summed E-state index contributed by atoms with van der Waals surface area (Å²) in [6.45, 7) is 1.72. The van der Waals surface area contributed by atoms with E-state index in [0.29, 0.717) is 12.5 Å². The summed E-state index contributed by atoms with van der Waals surface area (Å²) in [6.07, 6.45) is 8.32. The van der Waals surface area contributed by atoms with Crippen LogP contribution < -0.4 is 10.6 Å². The van der Waals surface area contributed by atoms with Crippen LogP contribution in [0.3, 0.4) is 0 Å². The van der Waals surface area contributed by atoms with Crippen LogP contribution in [-0.4, -0.2) is 47.9 Å². The third-order valence-corrected chi connectivity index (χ3v) is 4.91. The molecule has 0 spiro atoms. The van der Waals surface area contributed by atoms with Crippen LogP contribution in [0.4, 0.5) is 0 Å². The normalized spacial score (nSPS) is 34.3. The van der Waals surface area contributed by atoms with E-state index >= 15 is 0 Å². The van der Waals surface area contributed by atoms with Crippen LogP contribution in [-0.2, 0) is 9.59 Å². The van der Waals surface area contributed by atoms with Gasteiger partial charge in [-0.05, 0) is 32.1 Å². The van der Waals surface area contributed by atoms with Crippen molar-refractivity contribution in [1.82, 2.24) is 15.5 Å². The van der Waals surface area contributed by atoms with E-state index in [-0.39, 0.29) is 23.9 Å². The molecule has 0 aromatic carbocycles. The molecule has 1 saturated carbocycles. The quantitative estimate of drug-likeness (QED) is 0.785. The first-order valence-electron chi connectivity index (χ1n) is 8.08. The Morgan fingerprint density at radius 1 is 1.05 bits per heavy atom. The zero-order chi connectivity index (χ0) is 13.9. The highest BCUT2D eigenvalue weighted by molar-refractivity contribution is 5.89. The molecule has 2 heterocycles. The molecule has 2 amide bonds. The zero-order valence-electron chi connectivity index (χ0n) is 12.1. The van der Waals surface area contributed by atoms with Crippen molar-refractivity contribution >= 4 is 11.8 Å². The molecule has 0 radical (unpaired) electrons. The number of amides is 2. The summed E-state index contributed by atoms with van der Waals surface area (Å²) in [5.41, 5.74) is 0. The Labute approximate surface area is 120 Å². The zero-order valence-corrected chi connectivity index (χ0v) is 12.1. The molecule has 2 N–H and O–H groups in total. The first-order valence-corrected chi connectivity index (χ1v) is 8.08. The fourth-order valence-corrected chi connectivity index (χ4v) is 3.72. The van der Waals surface area contributed by atoms with Gasteiger partial charge in [0.1, 0.15) is 0 Å². The highest BCUT2D eigenvalue weighted by Crippen LogP contribution is 2.22. The molecule has 3 fully saturated rings. The molecule has 5 heteroatoms. The van der Waals surface area contributed by atoms with Crippen molar-refractivity contribution in [2.45, 2.75) is 69.5 Å². The summed E-state index contributed by atoms with van der Waals surface area (Å²) < 4.78 is 0. The third-order valence-electron chi connectivity index (χ3n) is 4.91. The van der Waals surface area contributed by atoms with Gasteiger partial charge in [-0.2, -0.15) is 0 Å². The molecule has 0 aromatic rings. The molecule has 3 aliphatic rings. The van der Waals surface area contributed by atoms with Crippen LogP contribution in [0.15, 0.2) is 0 Å². The summed E-state index contributed by atoms with van der Waals surface area (Å²) in [5.74, 6) is 0.144. The molecule has 1 aliphatic carbocycles. The molecule has 0 bridgehead atoms. The van der Waals surface area contributed by atoms with Gasteiger partial charge in [-0.3, -0.25) is 9.59 Å². The molecule has 3 rings (SSSR count). The summed E-state index contributed by atoms with van der Waals surface area (Å²) in [5, 5.41) is 6.52. The predicted molar refractivity (Wildman–Crippen MR) is 76.2 cm³/mol. The van der Waals surface area contributed by atoms with Crippen molar-refractivity contribution in [3.63, 3.8) is 0 Å². The topological polar surface area (TPSA) is 61.4 Å². The molecular formula is C15H25N3O2. The van der Waals surface area contributed by atoms with E-state index in [0.717, 1.165) is 38.8 Å². The number of nitrogens with one attached hydrogen (secondary N) is 2. The van der Waals surface area contributed by atoms with Gasteiger partial charge in [0.15, 0.2) is 0 Å². The number of fused-ring (bicyclic) bond motifs is 1. The van der Waals surface area contributed by atoms with E-state index in [1.165, 1.54) is 19.3 Å². The number of nitrogens with zero attached hydrogens (tertiary/aromatic N) is 1. The minimum Gasteiger partial charge on any atom is -0.350 e. The number of hydrogen-bond acceptors (Lipinski definition) is 3. The second-order valence-electron chi connectivity index (χ2n) is 6.37. The second-order valence-corrected chi connectivity index (χ2v) is 6.37. The number of piperazine rings is 1. The molecule has 20 heavy (non-hydrogen) atoms. The van der Waals surface area contributed by atoms with Crippen molar-refractivity contribution in [3.05, 3.63) is 0 Å². The highest BCUT2D eigenvalue weighted by Gasteiger charge is 2.37. The van der Waals surface area contributed by atoms with Crippen molar-refractivity contribution in [1.29, 1.82) is 0 Å². The van der Waals surface area contributed by atoms with Crippen LogP contribution in [0.2, 0.25) is 0 Å². The van der Waals surface area contributed by atoms with Crippen LogP contribution in [0.5, 0.6) is 0 Å². The smallest absolute Gasteiger partial charge is 0.237 e. The van der Waals surface area contributed by atoms with Crippen molar-refractivity contribution in [2.24, 2.45) is 0 Å². The summed E-state index contributed by atoms with van der Waals surface area (Å²) in [6, 6.07) is 0.307. The van der Waals surface area contributed by atoms with Gasteiger partial charge >= 0.3 is 0 Å². The SMILES string of the molecule is O=C1NC2CCCCC2NC1CC(=O)N1CCCCC1. The average molecular weight is 279 g/mol. The molecule has 5 nitrogen and oxygen atoms in total. The minimum absolute atomic E-state index is 0.0125. The number of likely N-dealkylation sites (tertiary alicyclic amines) is 1. The molecule has 2 aliphatic heterocycles. The Hall–Kier alpha value is -1.10. The molecule has 112 valence electrons. The monoisotopic (exact) mass is 279 g/mol. The Morgan fingerprint density at radius 3 is 2.50 bits per heavy atom. The molecule has 0 aromatic heterocycles. The van der Waals surface area contributed by atoms with Gasteiger partial charge in [-0.1, -0.05) is 12.8 Å². The average Bonchev–Trinajstić information content (AvgIpc) is 2.49. The Bertz CT molecular complexity index is 379. The van der Waals surface area contributed by atoms with E-state index < -0.39 is 0 Å². The van der Waals surface area contributed by atoms with Gasteiger partial charge in [0.2, 0.25) is 11.8 Å². The van der Waals surface area contributed by atoms with Gasteiger partial charge in [-0.25, -0.2) is 0 Å². The maximum atomic E-state index is 12.3. The fourth-order valence-electron chi connectivity index (χ4n) is 3.72. The lowest BCUT2D eigenvalue weighted by molar-refractivity contribution is -0.137. The third kappa shape index (κ3) is 2.97. The second kappa shape index (κ2) is 6.12. The number of hydrogen-bond donors (Lipinski definition) is 2. The molecule has 3 atom stereocenters. The number of carbonyl (C=O) groups excluding carboxylic acids is 2. The van der Waals surface area contributed by atoms with E-state index in [1.54, 1.807) is 0 Å². The lowest BCUT2D eigenvalue weighted by atomic mass is 9.87. The molecular weight excluding hydrogens is 254 g/mol. The van der Waals surface area contributed by atoms with Crippen LogP contribution in [0, 0.1) is 0 Å². The maximum absolute atomic E-state index is 12.3. The summed E-state index contributed by atoms with van der Waals surface area (Å²) in [4.78, 5) is 26.3. The standard InChI is InChI=1S/C15H25N3O2/c19-14(18-8-4-1-5-9-18)10-13-15(20)17-12-7-3-2-6-11(12)16-13/h11-13,16H,1-10H2,(H,17,20). The fraction of sp³-hybridized carbons (Fsp3) is 0.867. The summed E-state index contributed by atoms with van der Waals surface area (Å²) in [7, 11) is 0. The first kappa shape index (κ1) is 13.9. The Balaban J connectivity index is 1.56. The Morgan fingerprint density at radius 2 is 1.75 bits per heavy atom. The number of piperidine rings is 1. The Kier molecular flexibility index (Phi) is 4.24. The van der Waals surface area contributed by atoms with E-state index in [2.05, 4.69) is 10.6 Å². The van der Waals surface area contributed by atoms with Crippen molar-refractivity contribution < 1.29 is 9.59 Å².